The van der Waals surface area contributed by atoms with Gasteiger partial charge >= 0.3 is 6.18 Å². The molecule has 9 heteroatoms. The maximum Gasteiger partial charge on any atom is 0.416 e. The molecule has 0 N–H and O–H groups in total. The summed E-state index contributed by atoms with van der Waals surface area (Å²) < 4.78 is 44.0. The van der Waals surface area contributed by atoms with Crippen molar-refractivity contribution in [1.82, 2.24) is 9.80 Å². The number of rotatable bonds is 4. The second kappa shape index (κ2) is 8.73. The van der Waals surface area contributed by atoms with E-state index in [2.05, 4.69) is 0 Å². The molecule has 154 valence electrons. The van der Waals surface area contributed by atoms with Gasteiger partial charge in [-0.25, -0.2) is 0 Å². The van der Waals surface area contributed by atoms with Crippen LogP contribution in [0.1, 0.15) is 15.9 Å². The number of carbonyl (C=O) groups is 2. The summed E-state index contributed by atoms with van der Waals surface area (Å²) in [7, 11) is 0. The SMILES string of the molecule is O=C(COc1ccc(Cl)cc1)N1CCN(C(=O)c2cccc(C(F)(F)F)c2)CC1. The Bertz CT molecular complexity index is 879. The normalized spacial score (nSPS) is 14.6. The quantitative estimate of drug-likeness (QED) is 0.748. The Labute approximate surface area is 170 Å². The Balaban J connectivity index is 1.52. The van der Waals surface area contributed by atoms with Crippen molar-refractivity contribution in [2.75, 3.05) is 32.8 Å². The van der Waals surface area contributed by atoms with Gasteiger partial charge in [-0.2, -0.15) is 13.2 Å². The largest absolute Gasteiger partial charge is 0.484 e. The Hall–Kier alpha value is -2.74. The van der Waals surface area contributed by atoms with Crippen LogP contribution in [0.3, 0.4) is 0 Å². The summed E-state index contributed by atoms with van der Waals surface area (Å²) in [4.78, 5) is 27.8. The van der Waals surface area contributed by atoms with E-state index in [4.69, 9.17) is 16.3 Å². The van der Waals surface area contributed by atoms with Crippen LogP contribution in [-0.4, -0.2) is 54.4 Å². The van der Waals surface area contributed by atoms with Gasteiger partial charge < -0.3 is 14.5 Å². The summed E-state index contributed by atoms with van der Waals surface area (Å²) in [6.45, 7) is 0.897. The van der Waals surface area contributed by atoms with Crippen molar-refractivity contribution in [3.05, 3.63) is 64.7 Å². The fourth-order valence-electron chi connectivity index (χ4n) is 2.94. The number of carbonyl (C=O) groups excluding carboxylic acids is 2. The first-order chi connectivity index (χ1) is 13.7. The van der Waals surface area contributed by atoms with E-state index in [0.29, 0.717) is 10.8 Å². The maximum atomic E-state index is 12.8. The first-order valence-corrected chi connectivity index (χ1v) is 9.24. The minimum absolute atomic E-state index is 0.0225. The lowest BCUT2D eigenvalue weighted by molar-refractivity contribution is -0.137. The lowest BCUT2D eigenvalue weighted by Gasteiger charge is -2.34. The van der Waals surface area contributed by atoms with Gasteiger partial charge in [-0.05, 0) is 42.5 Å². The van der Waals surface area contributed by atoms with Crippen LogP contribution in [0.15, 0.2) is 48.5 Å². The minimum atomic E-state index is -4.51. The average molecular weight is 427 g/mol. The van der Waals surface area contributed by atoms with Gasteiger partial charge in [-0.3, -0.25) is 9.59 Å². The summed E-state index contributed by atoms with van der Waals surface area (Å²) in [5.41, 5.74) is -0.887. The molecule has 1 aliphatic heterocycles. The number of piperazine rings is 1. The second-order valence-corrected chi connectivity index (χ2v) is 6.93. The van der Waals surface area contributed by atoms with Gasteiger partial charge in [0.2, 0.25) is 0 Å². The standard InChI is InChI=1S/C20H18ClF3N2O3/c21-16-4-6-17(7-5-16)29-13-18(27)25-8-10-26(11-9-25)19(28)14-2-1-3-15(12-14)20(22,23)24/h1-7,12H,8-11,13H2. The van der Waals surface area contributed by atoms with E-state index in [1.807, 2.05) is 0 Å². The third-order valence-corrected chi connectivity index (χ3v) is 4.78. The molecule has 0 unspecified atom stereocenters. The zero-order valence-corrected chi connectivity index (χ0v) is 16.0. The van der Waals surface area contributed by atoms with Crippen LogP contribution in [-0.2, 0) is 11.0 Å². The van der Waals surface area contributed by atoms with Crippen molar-refractivity contribution in [1.29, 1.82) is 0 Å². The van der Waals surface area contributed by atoms with Crippen LogP contribution < -0.4 is 4.74 Å². The third kappa shape index (κ3) is 5.41. The molecule has 0 aliphatic carbocycles. The fraction of sp³-hybridized carbons (Fsp3) is 0.300. The predicted octanol–water partition coefficient (Wildman–Crippen LogP) is 3.72. The lowest BCUT2D eigenvalue weighted by atomic mass is 10.1. The molecule has 29 heavy (non-hydrogen) atoms. The molecule has 2 aromatic carbocycles. The number of ether oxygens (including phenoxy) is 1. The number of alkyl halides is 3. The molecule has 0 saturated carbocycles. The lowest BCUT2D eigenvalue weighted by Crippen LogP contribution is -2.51. The maximum absolute atomic E-state index is 12.8. The van der Waals surface area contributed by atoms with Gasteiger partial charge in [0, 0.05) is 36.8 Å². The van der Waals surface area contributed by atoms with E-state index in [-0.39, 0.29) is 44.3 Å². The zero-order valence-electron chi connectivity index (χ0n) is 15.3. The molecule has 2 aromatic rings. The second-order valence-electron chi connectivity index (χ2n) is 6.49. The highest BCUT2D eigenvalue weighted by atomic mass is 35.5. The summed E-state index contributed by atoms with van der Waals surface area (Å²) in [6, 6.07) is 11.0. The molecule has 1 saturated heterocycles. The molecule has 0 atom stereocenters. The van der Waals surface area contributed by atoms with Crippen LogP contribution >= 0.6 is 11.6 Å². The van der Waals surface area contributed by atoms with E-state index in [9.17, 15) is 22.8 Å². The Kier molecular flexibility index (Phi) is 6.32. The van der Waals surface area contributed by atoms with E-state index < -0.39 is 17.6 Å². The van der Waals surface area contributed by atoms with Crippen LogP contribution in [0, 0.1) is 0 Å². The molecule has 0 bridgehead atoms. The Morgan fingerprint density at radius 3 is 2.21 bits per heavy atom. The molecule has 1 fully saturated rings. The molecule has 0 aromatic heterocycles. The molecular formula is C20H18ClF3N2O3. The molecule has 3 rings (SSSR count). The number of benzene rings is 2. The summed E-state index contributed by atoms with van der Waals surface area (Å²) in [5.74, 6) is -0.201. The van der Waals surface area contributed by atoms with Crippen molar-refractivity contribution in [3.8, 4) is 5.75 Å². The molecule has 2 amide bonds. The first kappa shape index (κ1) is 21.0. The molecule has 0 radical (unpaired) electrons. The highest BCUT2D eigenvalue weighted by Crippen LogP contribution is 2.29. The number of nitrogens with zero attached hydrogens (tertiary/aromatic N) is 2. The first-order valence-electron chi connectivity index (χ1n) is 8.87. The van der Waals surface area contributed by atoms with Crippen molar-refractivity contribution in [2.45, 2.75) is 6.18 Å². The Morgan fingerprint density at radius 1 is 0.966 bits per heavy atom. The van der Waals surface area contributed by atoms with Crippen LogP contribution in [0.5, 0.6) is 5.75 Å². The van der Waals surface area contributed by atoms with Gasteiger partial charge in [-0.15, -0.1) is 0 Å². The summed E-state index contributed by atoms with van der Waals surface area (Å²) in [5, 5.41) is 0.560. The van der Waals surface area contributed by atoms with Crippen LogP contribution in [0.2, 0.25) is 5.02 Å². The summed E-state index contributed by atoms with van der Waals surface area (Å²) >= 11 is 5.79. The number of hydrogen-bond donors (Lipinski definition) is 0. The molecule has 1 heterocycles. The number of hydrogen-bond acceptors (Lipinski definition) is 3. The van der Waals surface area contributed by atoms with E-state index >= 15 is 0 Å². The average Bonchev–Trinajstić information content (AvgIpc) is 2.72. The highest BCUT2D eigenvalue weighted by molar-refractivity contribution is 6.30. The van der Waals surface area contributed by atoms with Gasteiger partial charge in [-0.1, -0.05) is 17.7 Å². The smallest absolute Gasteiger partial charge is 0.416 e. The molecule has 5 nitrogen and oxygen atoms in total. The van der Waals surface area contributed by atoms with Crippen LogP contribution in [0.25, 0.3) is 0 Å². The molecular weight excluding hydrogens is 409 g/mol. The van der Waals surface area contributed by atoms with E-state index in [0.717, 1.165) is 12.1 Å². The Morgan fingerprint density at radius 2 is 1.59 bits per heavy atom. The summed E-state index contributed by atoms with van der Waals surface area (Å²) in [6.07, 6.45) is -4.51. The fourth-order valence-corrected chi connectivity index (χ4v) is 3.06. The predicted molar refractivity (Wildman–Crippen MR) is 101 cm³/mol. The van der Waals surface area contributed by atoms with Crippen LogP contribution in [0.4, 0.5) is 13.2 Å². The van der Waals surface area contributed by atoms with E-state index in [1.54, 1.807) is 29.2 Å². The van der Waals surface area contributed by atoms with Gasteiger partial charge in [0.1, 0.15) is 5.75 Å². The van der Waals surface area contributed by atoms with Crippen molar-refractivity contribution in [3.63, 3.8) is 0 Å². The zero-order chi connectivity index (χ0) is 21.0. The highest BCUT2D eigenvalue weighted by Gasteiger charge is 2.32. The number of halogens is 4. The topological polar surface area (TPSA) is 49.9 Å². The van der Waals surface area contributed by atoms with Crippen molar-refractivity contribution >= 4 is 23.4 Å². The van der Waals surface area contributed by atoms with Gasteiger partial charge in [0.15, 0.2) is 6.61 Å². The monoisotopic (exact) mass is 426 g/mol. The minimum Gasteiger partial charge on any atom is -0.484 e. The van der Waals surface area contributed by atoms with Crippen molar-refractivity contribution in [2.24, 2.45) is 0 Å². The third-order valence-electron chi connectivity index (χ3n) is 4.53. The molecule has 1 aliphatic rings. The van der Waals surface area contributed by atoms with Crippen molar-refractivity contribution < 1.29 is 27.5 Å². The molecule has 0 spiro atoms. The van der Waals surface area contributed by atoms with Gasteiger partial charge in [0.25, 0.3) is 11.8 Å². The number of amides is 2. The van der Waals surface area contributed by atoms with E-state index in [1.165, 1.54) is 17.0 Å². The van der Waals surface area contributed by atoms with Gasteiger partial charge in [0.05, 0.1) is 5.56 Å².